The van der Waals surface area contributed by atoms with Crippen molar-refractivity contribution in [1.82, 2.24) is 4.98 Å². The summed E-state index contributed by atoms with van der Waals surface area (Å²) in [4.78, 5) is 4.07. The van der Waals surface area contributed by atoms with Crippen LogP contribution in [-0.2, 0) is 0 Å². The van der Waals surface area contributed by atoms with Crippen molar-refractivity contribution in [2.75, 3.05) is 5.43 Å². The van der Waals surface area contributed by atoms with Gasteiger partial charge in [-0.2, -0.15) is 5.10 Å². The average Bonchev–Trinajstić information content (AvgIpc) is 2.33. The monoisotopic (exact) mass is 231 g/mol. The van der Waals surface area contributed by atoms with Crippen LogP contribution < -0.4 is 5.43 Å². The fourth-order valence-corrected chi connectivity index (χ4v) is 1.36. The molecule has 1 N–H and O–H groups in total. The van der Waals surface area contributed by atoms with E-state index < -0.39 is 0 Å². The molecular weight excluding hydrogens is 222 g/mol. The number of pyridine rings is 1. The second-order valence-electron chi connectivity index (χ2n) is 3.11. The van der Waals surface area contributed by atoms with E-state index in [2.05, 4.69) is 15.5 Å². The molecule has 0 atom stereocenters. The summed E-state index contributed by atoms with van der Waals surface area (Å²) >= 11 is 5.97. The predicted molar refractivity (Wildman–Crippen MR) is 66.9 cm³/mol. The third-order valence-corrected chi connectivity index (χ3v) is 2.30. The lowest BCUT2D eigenvalue weighted by Crippen LogP contribution is -1.92. The minimum absolute atomic E-state index is 0.675. The van der Waals surface area contributed by atoms with E-state index in [0.717, 1.165) is 5.56 Å². The molecule has 0 aliphatic heterocycles. The van der Waals surface area contributed by atoms with Gasteiger partial charge in [-0.25, -0.2) is 4.98 Å². The van der Waals surface area contributed by atoms with Gasteiger partial charge in [0.25, 0.3) is 0 Å². The minimum Gasteiger partial charge on any atom is -0.261 e. The smallest absolute Gasteiger partial charge is 0.146 e. The van der Waals surface area contributed by atoms with Gasteiger partial charge in [0.1, 0.15) is 5.82 Å². The van der Waals surface area contributed by atoms with Gasteiger partial charge in [-0.15, -0.1) is 0 Å². The van der Waals surface area contributed by atoms with Gasteiger partial charge in [0.05, 0.1) is 6.21 Å². The van der Waals surface area contributed by atoms with Crippen molar-refractivity contribution in [3.05, 3.63) is 59.2 Å². The lowest BCUT2D eigenvalue weighted by Gasteiger charge is -1.98. The van der Waals surface area contributed by atoms with Crippen LogP contribution in [0, 0.1) is 0 Å². The van der Waals surface area contributed by atoms with Crippen molar-refractivity contribution in [1.29, 1.82) is 0 Å². The first-order valence-corrected chi connectivity index (χ1v) is 5.19. The van der Waals surface area contributed by atoms with Gasteiger partial charge in [-0.3, -0.25) is 5.43 Å². The molecule has 2 aromatic rings. The SMILES string of the molecule is Clc1ccccc1/C=N/Nc1ccccn1. The van der Waals surface area contributed by atoms with Crippen LogP contribution in [0.2, 0.25) is 5.02 Å². The predicted octanol–water partition coefficient (Wildman–Crippen LogP) is 3.18. The molecule has 1 aromatic heterocycles. The van der Waals surface area contributed by atoms with Crippen molar-refractivity contribution in [2.45, 2.75) is 0 Å². The minimum atomic E-state index is 0.675. The highest BCUT2D eigenvalue weighted by Crippen LogP contribution is 2.12. The zero-order valence-electron chi connectivity index (χ0n) is 8.47. The number of hydrogen-bond acceptors (Lipinski definition) is 3. The number of hydrazone groups is 1. The molecule has 0 aliphatic rings. The molecule has 4 heteroatoms. The summed E-state index contributed by atoms with van der Waals surface area (Å²) in [6, 6.07) is 13.1. The number of rotatable bonds is 3. The van der Waals surface area contributed by atoms with Crippen molar-refractivity contribution >= 4 is 23.6 Å². The van der Waals surface area contributed by atoms with Crippen molar-refractivity contribution in [3.8, 4) is 0 Å². The molecule has 0 amide bonds. The summed E-state index contributed by atoms with van der Waals surface area (Å²) < 4.78 is 0. The molecule has 0 unspecified atom stereocenters. The fourth-order valence-electron chi connectivity index (χ4n) is 1.18. The van der Waals surface area contributed by atoms with Gasteiger partial charge >= 0.3 is 0 Å². The van der Waals surface area contributed by atoms with Crippen LogP contribution in [0.3, 0.4) is 0 Å². The van der Waals surface area contributed by atoms with Crippen molar-refractivity contribution in [2.24, 2.45) is 5.10 Å². The Labute approximate surface area is 98.8 Å². The Morgan fingerprint density at radius 2 is 1.94 bits per heavy atom. The molecule has 0 fully saturated rings. The van der Waals surface area contributed by atoms with Gasteiger partial charge in [-0.1, -0.05) is 35.9 Å². The molecule has 0 saturated carbocycles. The van der Waals surface area contributed by atoms with E-state index in [4.69, 9.17) is 11.6 Å². The standard InChI is InChI=1S/C12H10ClN3/c13-11-6-2-1-5-10(11)9-15-16-12-7-3-4-8-14-12/h1-9H,(H,14,16)/b15-9+. The van der Waals surface area contributed by atoms with E-state index in [9.17, 15) is 0 Å². The molecule has 0 radical (unpaired) electrons. The van der Waals surface area contributed by atoms with E-state index in [-0.39, 0.29) is 0 Å². The average molecular weight is 232 g/mol. The van der Waals surface area contributed by atoms with E-state index in [1.807, 2.05) is 42.5 Å². The molecule has 80 valence electrons. The van der Waals surface area contributed by atoms with Crippen LogP contribution in [0.1, 0.15) is 5.56 Å². The number of anilines is 1. The van der Waals surface area contributed by atoms with E-state index in [1.165, 1.54) is 0 Å². The summed E-state index contributed by atoms with van der Waals surface area (Å²) in [5.74, 6) is 0.700. The summed E-state index contributed by atoms with van der Waals surface area (Å²) in [6.45, 7) is 0. The van der Waals surface area contributed by atoms with Crippen LogP contribution in [-0.4, -0.2) is 11.2 Å². The summed E-state index contributed by atoms with van der Waals surface area (Å²) in [5, 5.41) is 4.73. The van der Waals surface area contributed by atoms with Crippen LogP contribution >= 0.6 is 11.6 Å². The number of halogens is 1. The molecule has 0 bridgehead atoms. The number of benzene rings is 1. The highest BCUT2D eigenvalue weighted by Gasteiger charge is 1.93. The maximum atomic E-state index is 5.97. The van der Waals surface area contributed by atoms with E-state index in [1.54, 1.807) is 12.4 Å². The maximum Gasteiger partial charge on any atom is 0.146 e. The van der Waals surface area contributed by atoms with Crippen LogP contribution in [0.5, 0.6) is 0 Å². The molecule has 1 heterocycles. The number of nitrogens with one attached hydrogen (secondary N) is 1. The molecular formula is C12H10ClN3. The molecule has 0 aliphatic carbocycles. The zero-order chi connectivity index (χ0) is 11.2. The zero-order valence-corrected chi connectivity index (χ0v) is 9.22. The van der Waals surface area contributed by atoms with E-state index in [0.29, 0.717) is 10.8 Å². The van der Waals surface area contributed by atoms with Crippen molar-refractivity contribution in [3.63, 3.8) is 0 Å². The van der Waals surface area contributed by atoms with Gasteiger partial charge in [-0.05, 0) is 18.2 Å². The molecule has 1 aromatic carbocycles. The molecule has 16 heavy (non-hydrogen) atoms. The van der Waals surface area contributed by atoms with Gasteiger partial charge in [0, 0.05) is 16.8 Å². The maximum absolute atomic E-state index is 5.97. The van der Waals surface area contributed by atoms with Crippen LogP contribution in [0.15, 0.2) is 53.8 Å². The van der Waals surface area contributed by atoms with Gasteiger partial charge in [0.15, 0.2) is 0 Å². The van der Waals surface area contributed by atoms with E-state index >= 15 is 0 Å². The highest BCUT2D eigenvalue weighted by atomic mass is 35.5. The lowest BCUT2D eigenvalue weighted by atomic mass is 10.2. The molecule has 3 nitrogen and oxygen atoms in total. The Balaban J connectivity index is 2.03. The third-order valence-electron chi connectivity index (χ3n) is 1.95. The van der Waals surface area contributed by atoms with Gasteiger partial charge < -0.3 is 0 Å². The first-order valence-electron chi connectivity index (χ1n) is 4.81. The Bertz CT molecular complexity index is 483. The van der Waals surface area contributed by atoms with Gasteiger partial charge in [0.2, 0.25) is 0 Å². The second-order valence-corrected chi connectivity index (χ2v) is 3.51. The summed E-state index contributed by atoms with van der Waals surface area (Å²) in [7, 11) is 0. The highest BCUT2D eigenvalue weighted by molar-refractivity contribution is 6.33. The normalized spacial score (nSPS) is 10.6. The van der Waals surface area contributed by atoms with Crippen LogP contribution in [0.4, 0.5) is 5.82 Å². The van der Waals surface area contributed by atoms with Crippen molar-refractivity contribution < 1.29 is 0 Å². The Hall–Kier alpha value is -1.87. The first-order chi connectivity index (χ1) is 7.86. The Morgan fingerprint density at radius 1 is 1.12 bits per heavy atom. The molecule has 0 saturated heterocycles. The lowest BCUT2D eigenvalue weighted by molar-refractivity contribution is 1.23. The summed E-state index contributed by atoms with van der Waals surface area (Å²) in [5.41, 5.74) is 3.69. The van der Waals surface area contributed by atoms with Crippen LogP contribution in [0.25, 0.3) is 0 Å². The fraction of sp³-hybridized carbons (Fsp3) is 0. The molecule has 0 spiro atoms. The quantitative estimate of drug-likeness (QED) is 0.651. The number of nitrogens with zero attached hydrogens (tertiary/aromatic N) is 2. The number of hydrogen-bond donors (Lipinski definition) is 1. The summed E-state index contributed by atoms with van der Waals surface area (Å²) in [6.07, 6.45) is 3.37. The molecule has 2 rings (SSSR count). The third kappa shape index (κ3) is 2.81. The largest absolute Gasteiger partial charge is 0.261 e. The number of aromatic nitrogens is 1. The Morgan fingerprint density at radius 3 is 2.69 bits per heavy atom. The Kier molecular flexibility index (Phi) is 3.51. The second kappa shape index (κ2) is 5.28. The first kappa shape index (κ1) is 10.6. The topological polar surface area (TPSA) is 37.3 Å².